The minimum Gasteiger partial charge on any atom is -0.392 e. The van der Waals surface area contributed by atoms with E-state index in [0.717, 1.165) is 23.6 Å². The molecule has 0 spiro atoms. The molecule has 1 aromatic rings. The molecule has 0 aromatic heterocycles. The molecule has 0 atom stereocenters. The van der Waals surface area contributed by atoms with Gasteiger partial charge < -0.3 is 15.7 Å². The zero-order chi connectivity index (χ0) is 16.7. The highest BCUT2D eigenvalue weighted by molar-refractivity contribution is 5.80. The smallest absolute Gasteiger partial charge is 0.191 e. The van der Waals surface area contributed by atoms with E-state index in [1.165, 1.54) is 25.7 Å². The second kappa shape index (κ2) is 8.34. The van der Waals surface area contributed by atoms with Crippen molar-refractivity contribution in [2.75, 3.05) is 6.54 Å². The van der Waals surface area contributed by atoms with E-state index < -0.39 is 0 Å². The van der Waals surface area contributed by atoms with Crippen molar-refractivity contribution in [3.05, 3.63) is 35.4 Å². The first kappa shape index (κ1) is 17.8. The number of guanidine groups is 1. The van der Waals surface area contributed by atoms with Gasteiger partial charge in [-0.3, -0.25) is 0 Å². The topological polar surface area (TPSA) is 56.7 Å². The fraction of sp³-hybridized carbons (Fsp3) is 0.632. The fourth-order valence-electron chi connectivity index (χ4n) is 3.09. The average Bonchev–Trinajstić information content (AvgIpc) is 2.55. The van der Waals surface area contributed by atoms with Gasteiger partial charge in [0.15, 0.2) is 5.96 Å². The van der Waals surface area contributed by atoms with Crippen LogP contribution in [0.15, 0.2) is 29.3 Å². The molecule has 23 heavy (non-hydrogen) atoms. The lowest BCUT2D eigenvalue weighted by atomic mass is 9.75. The third-order valence-electron chi connectivity index (χ3n) is 4.72. The van der Waals surface area contributed by atoms with Crippen molar-refractivity contribution in [1.82, 2.24) is 10.6 Å². The van der Waals surface area contributed by atoms with E-state index in [4.69, 9.17) is 4.99 Å². The van der Waals surface area contributed by atoms with Gasteiger partial charge in [0, 0.05) is 12.6 Å². The van der Waals surface area contributed by atoms with Crippen molar-refractivity contribution in [1.29, 1.82) is 0 Å². The normalized spacial score (nSPS) is 18.7. The van der Waals surface area contributed by atoms with Gasteiger partial charge in [0.25, 0.3) is 0 Å². The molecule has 0 aliphatic heterocycles. The highest BCUT2D eigenvalue weighted by Gasteiger charge is 2.27. The second-order valence-corrected chi connectivity index (χ2v) is 7.20. The first-order valence-electron chi connectivity index (χ1n) is 8.76. The first-order chi connectivity index (χ1) is 11.0. The van der Waals surface area contributed by atoms with Gasteiger partial charge in [-0.1, -0.05) is 38.1 Å². The van der Waals surface area contributed by atoms with Crippen molar-refractivity contribution in [3.8, 4) is 0 Å². The van der Waals surface area contributed by atoms with Crippen LogP contribution in [0.25, 0.3) is 0 Å². The molecular weight excluding hydrogens is 286 g/mol. The van der Waals surface area contributed by atoms with E-state index in [-0.39, 0.29) is 6.61 Å². The Hall–Kier alpha value is -1.55. The van der Waals surface area contributed by atoms with Crippen LogP contribution in [0, 0.1) is 5.41 Å². The summed E-state index contributed by atoms with van der Waals surface area (Å²) in [6.07, 6.45) is 4.92. The van der Waals surface area contributed by atoms with Crippen LogP contribution in [-0.2, 0) is 13.2 Å². The van der Waals surface area contributed by atoms with Crippen LogP contribution in [0.3, 0.4) is 0 Å². The molecule has 2 rings (SSSR count). The summed E-state index contributed by atoms with van der Waals surface area (Å²) in [5, 5.41) is 16.3. The Kier molecular flexibility index (Phi) is 6.46. The van der Waals surface area contributed by atoms with E-state index in [2.05, 4.69) is 31.4 Å². The maximum atomic E-state index is 9.42. The van der Waals surface area contributed by atoms with E-state index in [9.17, 15) is 5.11 Å². The Bertz CT molecular complexity index is 515. The third kappa shape index (κ3) is 5.54. The van der Waals surface area contributed by atoms with Gasteiger partial charge in [0.05, 0.1) is 13.2 Å². The van der Waals surface area contributed by atoms with Gasteiger partial charge in [-0.15, -0.1) is 0 Å². The molecule has 128 valence electrons. The van der Waals surface area contributed by atoms with Gasteiger partial charge in [-0.25, -0.2) is 4.99 Å². The van der Waals surface area contributed by atoms with Gasteiger partial charge in [-0.05, 0) is 49.1 Å². The minimum absolute atomic E-state index is 0.0629. The van der Waals surface area contributed by atoms with Crippen molar-refractivity contribution in [2.24, 2.45) is 10.4 Å². The number of benzene rings is 1. The summed E-state index contributed by atoms with van der Waals surface area (Å²) < 4.78 is 0. The highest BCUT2D eigenvalue weighted by Crippen LogP contribution is 2.34. The number of rotatable bonds is 5. The Morgan fingerprint density at radius 2 is 1.87 bits per heavy atom. The minimum atomic E-state index is 0.0629. The van der Waals surface area contributed by atoms with Gasteiger partial charge in [0.2, 0.25) is 0 Å². The number of nitrogens with one attached hydrogen (secondary N) is 2. The standard InChI is InChI=1S/C19H31N3O/c1-4-20-18(22-17-9-11-19(2,3)12-10-17)21-13-15-7-5-6-8-16(15)14-23/h5-8,17,23H,4,9-14H2,1-3H3,(H2,20,21,22). The predicted molar refractivity (Wildman–Crippen MR) is 96.4 cm³/mol. The number of aliphatic hydroxyl groups excluding tert-OH is 1. The third-order valence-corrected chi connectivity index (χ3v) is 4.72. The fourth-order valence-corrected chi connectivity index (χ4v) is 3.09. The zero-order valence-corrected chi connectivity index (χ0v) is 14.7. The van der Waals surface area contributed by atoms with E-state index in [1.807, 2.05) is 24.3 Å². The molecule has 0 amide bonds. The summed E-state index contributed by atoms with van der Waals surface area (Å²) in [7, 11) is 0. The molecule has 1 aromatic carbocycles. The van der Waals surface area contributed by atoms with Crippen LogP contribution < -0.4 is 10.6 Å². The Labute approximate surface area is 140 Å². The summed E-state index contributed by atoms with van der Waals surface area (Å²) in [5.74, 6) is 0.880. The SMILES string of the molecule is CCNC(=NCc1ccccc1CO)NC1CCC(C)(C)CC1. The molecule has 1 saturated carbocycles. The molecule has 4 nitrogen and oxygen atoms in total. The van der Waals surface area contributed by atoms with Crippen molar-refractivity contribution in [2.45, 2.75) is 65.6 Å². The quantitative estimate of drug-likeness (QED) is 0.577. The molecule has 1 fully saturated rings. The summed E-state index contributed by atoms with van der Waals surface area (Å²) in [6.45, 7) is 8.30. The summed E-state index contributed by atoms with van der Waals surface area (Å²) in [4.78, 5) is 4.71. The Morgan fingerprint density at radius 1 is 1.22 bits per heavy atom. The molecule has 0 radical (unpaired) electrons. The van der Waals surface area contributed by atoms with Crippen LogP contribution >= 0.6 is 0 Å². The van der Waals surface area contributed by atoms with Crippen LogP contribution in [0.4, 0.5) is 0 Å². The van der Waals surface area contributed by atoms with Crippen molar-refractivity contribution >= 4 is 5.96 Å². The first-order valence-corrected chi connectivity index (χ1v) is 8.76. The van der Waals surface area contributed by atoms with Crippen LogP contribution in [0.2, 0.25) is 0 Å². The van der Waals surface area contributed by atoms with E-state index >= 15 is 0 Å². The van der Waals surface area contributed by atoms with E-state index in [1.54, 1.807) is 0 Å². The molecular formula is C19H31N3O. The van der Waals surface area contributed by atoms with Crippen molar-refractivity contribution < 1.29 is 5.11 Å². The van der Waals surface area contributed by atoms with Crippen LogP contribution in [0.1, 0.15) is 57.6 Å². The predicted octanol–water partition coefficient (Wildman–Crippen LogP) is 3.20. The summed E-state index contributed by atoms with van der Waals surface area (Å²) >= 11 is 0. The number of nitrogens with zero attached hydrogens (tertiary/aromatic N) is 1. The zero-order valence-electron chi connectivity index (χ0n) is 14.7. The van der Waals surface area contributed by atoms with Crippen LogP contribution in [-0.4, -0.2) is 23.7 Å². The number of aliphatic hydroxyl groups is 1. The Balaban J connectivity index is 1.97. The molecule has 0 bridgehead atoms. The lowest BCUT2D eigenvalue weighted by molar-refractivity contribution is 0.216. The number of aliphatic imine (C=N–C) groups is 1. The monoisotopic (exact) mass is 317 g/mol. The molecule has 3 N–H and O–H groups in total. The van der Waals surface area contributed by atoms with Gasteiger partial charge in [-0.2, -0.15) is 0 Å². The van der Waals surface area contributed by atoms with Gasteiger partial charge in [0.1, 0.15) is 0 Å². The molecule has 0 saturated heterocycles. The van der Waals surface area contributed by atoms with Crippen molar-refractivity contribution in [3.63, 3.8) is 0 Å². The molecule has 1 aliphatic rings. The second-order valence-electron chi connectivity index (χ2n) is 7.20. The number of hydrogen-bond acceptors (Lipinski definition) is 2. The Morgan fingerprint density at radius 3 is 2.48 bits per heavy atom. The molecule has 4 heteroatoms. The maximum absolute atomic E-state index is 9.42. The summed E-state index contributed by atoms with van der Waals surface area (Å²) in [6, 6.07) is 8.43. The van der Waals surface area contributed by atoms with Crippen LogP contribution in [0.5, 0.6) is 0 Å². The maximum Gasteiger partial charge on any atom is 0.191 e. The highest BCUT2D eigenvalue weighted by atomic mass is 16.3. The lowest BCUT2D eigenvalue weighted by Crippen LogP contribution is -2.45. The number of hydrogen-bond donors (Lipinski definition) is 3. The largest absolute Gasteiger partial charge is 0.392 e. The van der Waals surface area contributed by atoms with Gasteiger partial charge >= 0.3 is 0 Å². The van der Waals surface area contributed by atoms with E-state index in [0.29, 0.717) is 18.0 Å². The lowest BCUT2D eigenvalue weighted by Gasteiger charge is -2.35. The average molecular weight is 317 g/mol. The molecule has 1 aliphatic carbocycles. The summed E-state index contributed by atoms with van der Waals surface area (Å²) in [5.41, 5.74) is 2.51. The molecule has 0 heterocycles. The molecule has 0 unspecified atom stereocenters.